The van der Waals surface area contributed by atoms with Crippen LogP contribution in [0.5, 0.6) is 5.75 Å². The van der Waals surface area contributed by atoms with Crippen LogP contribution < -0.4 is 10.1 Å². The maximum absolute atomic E-state index is 12.5. The Bertz CT molecular complexity index is 1010. The number of hydrogen-bond acceptors (Lipinski definition) is 6. The molecule has 152 valence electrons. The van der Waals surface area contributed by atoms with Gasteiger partial charge in [0.05, 0.1) is 12.3 Å². The highest BCUT2D eigenvalue weighted by molar-refractivity contribution is 5.79. The summed E-state index contributed by atoms with van der Waals surface area (Å²) in [6, 6.07) is 11.2. The van der Waals surface area contributed by atoms with E-state index in [4.69, 9.17) is 9.47 Å². The van der Waals surface area contributed by atoms with Gasteiger partial charge in [0.1, 0.15) is 11.4 Å². The van der Waals surface area contributed by atoms with Crippen LogP contribution in [0.2, 0.25) is 0 Å². The maximum Gasteiger partial charge on any atom is 0.418 e. The van der Waals surface area contributed by atoms with Gasteiger partial charge in [-0.15, -0.1) is 0 Å². The maximum atomic E-state index is 12.5. The van der Waals surface area contributed by atoms with E-state index in [1.807, 2.05) is 65.0 Å². The average molecular weight is 394 g/mol. The Labute approximate surface area is 170 Å². The third-order valence-electron chi connectivity index (χ3n) is 3.92. The number of ether oxygens (including phenoxy) is 2. The zero-order chi connectivity index (χ0) is 21.0. The van der Waals surface area contributed by atoms with Gasteiger partial charge in [0, 0.05) is 23.7 Å². The van der Waals surface area contributed by atoms with Gasteiger partial charge in [-0.25, -0.2) is 14.8 Å². The third-order valence-corrected chi connectivity index (χ3v) is 3.92. The van der Waals surface area contributed by atoms with Gasteiger partial charge in [0.15, 0.2) is 11.6 Å². The summed E-state index contributed by atoms with van der Waals surface area (Å²) in [7, 11) is 0. The second kappa shape index (κ2) is 8.34. The minimum absolute atomic E-state index is 0.443. The lowest BCUT2D eigenvalue weighted by Crippen LogP contribution is -2.27. The van der Waals surface area contributed by atoms with Gasteiger partial charge in [-0.2, -0.15) is 0 Å². The highest BCUT2D eigenvalue weighted by Crippen LogP contribution is 2.31. The molecule has 0 aliphatic rings. The fourth-order valence-corrected chi connectivity index (χ4v) is 2.76. The van der Waals surface area contributed by atoms with Gasteiger partial charge in [-0.1, -0.05) is 6.07 Å². The van der Waals surface area contributed by atoms with Crippen LogP contribution in [0.4, 0.5) is 16.4 Å². The Morgan fingerprint density at radius 2 is 2.00 bits per heavy atom. The second-order valence-electron chi connectivity index (χ2n) is 7.54. The Morgan fingerprint density at radius 3 is 2.69 bits per heavy atom. The van der Waals surface area contributed by atoms with E-state index in [0.717, 1.165) is 11.3 Å². The standard InChI is InChI=1S/C22H26N4O3/c1-6-28-18-13-16(14-23-20(18)25-19-11-7-9-15(2)24-19)17-10-8-12-26(17)21(27)29-22(3,4)5/h7-14H,6H2,1-5H3,(H,23,24,25). The van der Waals surface area contributed by atoms with E-state index in [1.54, 1.807) is 18.5 Å². The predicted octanol–water partition coefficient (Wildman–Crippen LogP) is 5.18. The van der Waals surface area contributed by atoms with Crippen molar-refractivity contribution in [2.75, 3.05) is 11.9 Å². The lowest BCUT2D eigenvalue weighted by Gasteiger charge is -2.20. The number of aromatic nitrogens is 3. The number of pyridine rings is 2. The van der Waals surface area contributed by atoms with Crippen LogP contribution in [0.3, 0.4) is 0 Å². The molecule has 0 radical (unpaired) electrons. The number of anilines is 2. The number of nitrogens with one attached hydrogen (secondary N) is 1. The largest absolute Gasteiger partial charge is 0.490 e. The first-order chi connectivity index (χ1) is 13.8. The summed E-state index contributed by atoms with van der Waals surface area (Å²) in [5.41, 5.74) is 1.74. The van der Waals surface area contributed by atoms with Crippen molar-refractivity contribution >= 4 is 17.7 Å². The molecule has 0 bridgehead atoms. The van der Waals surface area contributed by atoms with E-state index >= 15 is 0 Å². The first-order valence-electron chi connectivity index (χ1n) is 9.51. The molecule has 0 atom stereocenters. The van der Waals surface area contributed by atoms with Crippen LogP contribution in [0.15, 0.2) is 48.8 Å². The summed E-state index contributed by atoms with van der Waals surface area (Å²) in [5.74, 6) is 1.82. The third kappa shape index (κ3) is 5.13. The van der Waals surface area contributed by atoms with Crippen molar-refractivity contribution in [3.63, 3.8) is 0 Å². The Morgan fingerprint density at radius 1 is 1.21 bits per heavy atom. The Hall–Kier alpha value is -3.35. The molecule has 0 fully saturated rings. The molecular formula is C22H26N4O3. The van der Waals surface area contributed by atoms with E-state index in [9.17, 15) is 4.79 Å². The van der Waals surface area contributed by atoms with Crippen molar-refractivity contribution < 1.29 is 14.3 Å². The van der Waals surface area contributed by atoms with Crippen molar-refractivity contribution in [1.29, 1.82) is 0 Å². The van der Waals surface area contributed by atoms with Gasteiger partial charge >= 0.3 is 6.09 Å². The molecule has 0 aliphatic carbocycles. The zero-order valence-corrected chi connectivity index (χ0v) is 17.4. The SMILES string of the molecule is CCOc1cc(-c2cccn2C(=O)OC(C)(C)C)cnc1Nc1cccc(C)n1. The van der Waals surface area contributed by atoms with Gasteiger partial charge in [-0.3, -0.25) is 4.57 Å². The molecule has 0 amide bonds. The molecule has 0 spiro atoms. The molecule has 7 nitrogen and oxygen atoms in total. The van der Waals surface area contributed by atoms with Crippen molar-refractivity contribution in [3.05, 3.63) is 54.5 Å². The molecule has 0 aromatic carbocycles. The molecule has 3 aromatic heterocycles. The highest BCUT2D eigenvalue weighted by atomic mass is 16.6. The molecule has 0 saturated heterocycles. The van der Waals surface area contributed by atoms with E-state index in [-0.39, 0.29) is 0 Å². The summed E-state index contributed by atoms with van der Waals surface area (Å²) in [5, 5.41) is 3.19. The summed E-state index contributed by atoms with van der Waals surface area (Å²) in [6.45, 7) is 9.82. The van der Waals surface area contributed by atoms with E-state index in [1.165, 1.54) is 4.57 Å². The smallest absolute Gasteiger partial charge is 0.418 e. The number of carbonyl (C=O) groups excluding carboxylic acids is 1. The highest BCUT2D eigenvalue weighted by Gasteiger charge is 2.20. The monoisotopic (exact) mass is 394 g/mol. The van der Waals surface area contributed by atoms with Gasteiger partial charge in [-0.05, 0) is 65.0 Å². The second-order valence-corrected chi connectivity index (χ2v) is 7.54. The van der Waals surface area contributed by atoms with Crippen LogP contribution >= 0.6 is 0 Å². The summed E-state index contributed by atoms with van der Waals surface area (Å²) < 4.78 is 12.7. The minimum Gasteiger partial charge on any atom is -0.490 e. The summed E-state index contributed by atoms with van der Waals surface area (Å²) >= 11 is 0. The molecule has 0 aliphatic heterocycles. The number of aryl methyl sites for hydroxylation is 1. The van der Waals surface area contributed by atoms with Crippen molar-refractivity contribution in [3.8, 4) is 17.0 Å². The fourth-order valence-electron chi connectivity index (χ4n) is 2.76. The zero-order valence-electron chi connectivity index (χ0n) is 17.4. The lowest BCUT2D eigenvalue weighted by molar-refractivity contribution is 0.0540. The van der Waals surface area contributed by atoms with Crippen LogP contribution in [0.1, 0.15) is 33.4 Å². The molecule has 1 N–H and O–H groups in total. The molecule has 29 heavy (non-hydrogen) atoms. The van der Waals surface area contributed by atoms with Crippen molar-refractivity contribution in [2.24, 2.45) is 0 Å². The van der Waals surface area contributed by atoms with Gasteiger partial charge in [0.25, 0.3) is 0 Å². The van der Waals surface area contributed by atoms with Crippen molar-refractivity contribution in [2.45, 2.75) is 40.2 Å². The van der Waals surface area contributed by atoms with Gasteiger partial charge < -0.3 is 14.8 Å². The fraction of sp³-hybridized carbons (Fsp3) is 0.318. The van der Waals surface area contributed by atoms with Crippen molar-refractivity contribution in [1.82, 2.24) is 14.5 Å². The minimum atomic E-state index is -0.581. The lowest BCUT2D eigenvalue weighted by atomic mass is 10.2. The van der Waals surface area contributed by atoms with Crippen LogP contribution in [0, 0.1) is 6.92 Å². The Balaban J connectivity index is 1.93. The topological polar surface area (TPSA) is 78.3 Å². The molecule has 0 saturated carbocycles. The van der Waals surface area contributed by atoms with E-state index in [2.05, 4.69) is 15.3 Å². The molecule has 3 aromatic rings. The molecule has 0 unspecified atom stereocenters. The van der Waals surface area contributed by atoms with E-state index < -0.39 is 11.7 Å². The molecule has 7 heteroatoms. The van der Waals surface area contributed by atoms with Crippen LogP contribution in [0.25, 0.3) is 11.3 Å². The number of rotatable bonds is 5. The molecular weight excluding hydrogens is 368 g/mol. The van der Waals surface area contributed by atoms with Gasteiger partial charge in [0.2, 0.25) is 0 Å². The average Bonchev–Trinajstić information content (AvgIpc) is 3.12. The molecule has 3 rings (SSSR count). The first kappa shape index (κ1) is 20.4. The van der Waals surface area contributed by atoms with E-state index in [0.29, 0.717) is 29.7 Å². The number of nitrogens with zero attached hydrogens (tertiary/aromatic N) is 3. The molecule has 3 heterocycles. The summed E-state index contributed by atoms with van der Waals surface area (Å²) in [4.78, 5) is 21.5. The quantitative estimate of drug-likeness (QED) is 0.642. The predicted molar refractivity (Wildman–Crippen MR) is 113 cm³/mol. The first-order valence-corrected chi connectivity index (χ1v) is 9.51. The number of carbonyl (C=O) groups is 1. The normalized spacial score (nSPS) is 11.2. The van der Waals surface area contributed by atoms with Crippen LogP contribution in [-0.2, 0) is 4.74 Å². The number of hydrogen-bond donors (Lipinski definition) is 1. The van der Waals surface area contributed by atoms with Crippen LogP contribution in [-0.4, -0.2) is 32.8 Å². The Kier molecular flexibility index (Phi) is 5.87. The summed E-state index contributed by atoms with van der Waals surface area (Å²) in [6.07, 6.45) is 2.92.